The first kappa shape index (κ1) is 21.0. The molecular weight excluding hydrogens is 417 g/mol. The van der Waals surface area contributed by atoms with Gasteiger partial charge in [0.05, 0.1) is 5.56 Å². The molecule has 0 saturated carbocycles. The molecule has 0 heterocycles. The van der Waals surface area contributed by atoms with Crippen LogP contribution in [0.5, 0.6) is 0 Å². The molecule has 2 rings (SSSR count). The molecule has 134 valence electrons. The van der Waals surface area contributed by atoms with Crippen LogP contribution in [0.25, 0.3) is 0 Å². The van der Waals surface area contributed by atoms with Crippen molar-refractivity contribution in [3.63, 3.8) is 0 Å². The predicted molar refractivity (Wildman–Crippen MR) is 91.2 cm³/mol. The number of carbonyl (C=O) groups is 2. The molecule has 0 aromatic heterocycles. The molecule has 0 aliphatic heterocycles. The molecule has 1 atom stereocenters. The van der Waals surface area contributed by atoms with Crippen LogP contribution in [0.3, 0.4) is 0 Å². The molecule has 0 fully saturated rings. The van der Waals surface area contributed by atoms with Crippen molar-refractivity contribution >= 4 is 47.7 Å². The molecule has 0 spiro atoms. The van der Waals surface area contributed by atoms with Crippen LogP contribution in [-0.4, -0.2) is 40.5 Å². The Bertz CT molecular complexity index is 795. The monoisotopic (exact) mass is 431 g/mol. The van der Waals surface area contributed by atoms with Crippen molar-refractivity contribution in [1.82, 2.24) is 0 Å². The number of hydrogen-bond acceptors (Lipinski definition) is 5. The number of rotatable bonds is 4. The van der Waals surface area contributed by atoms with Crippen molar-refractivity contribution in [1.29, 1.82) is 0 Å². The summed E-state index contributed by atoms with van der Waals surface area (Å²) < 4.78 is 24.1. The van der Waals surface area contributed by atoms with Gasteiger partial charge < -0.3 is 5.11 Å². The summed E-state index contributed by atoms with van der Waals surface area (Å²) in [6.45, 7) is 1.27. The largest absolute Gasteiger partial charge is 0.478 e. The minimum Gasteiger partial charge on any atom is -0.478 e. The fourth-order valence-corrected chi connectivity index (χ4v) is 3.45. The van der Waals surface area contributed by atoms with Crippen LogP contribution in [0, 0.1) is 0 Å². The second kappa shape index (κ2) is 9.41. The van der Waals surface area contributed by atoms with Crippen molar-refractivity contribution in [2.75, 3.05) is 5.32 Å². The van der Waals surface area contributed by atoms with E-state index in [1.54, 1.807) is 18.2 Å². The van der Waals surface area contributed by atoms with Gasteiger partial charge in [0.1, 0.15) is 0 Å². The van der Waals surface area contributed by atoms with E-state index in [2.05, 4.69) is 9.19 Å². The third kappa shape index (κ3) is 6.73. The number of carboxylic acid groups (broad SMARTS) is 1. The average Bonchev–Trinajstić information content (AvgIpc) is 2.55. The van der Waals surface area contributed by atoms with Gasteiger partial charge in [0.15, 0.2) is 0 Å². The van der Waals surface area contributed by atoms with Crippen LogP contribution >= 0.6 is 11.6 Å². The first-order valence-electron chi connectivity index (χ1n) is 6.69. The quantitative estimate of drug-likeness (QED) is 0.329. The number of aromatic carboxylic acids is 1. The van der Waals surface area contributed by atoms with Crippen LogP contribution in [0.2, 0.25) is 5.02 Å². The fraction of sp³-hybridized carbons (Fsp3) is 0.0667. The van der Waals surface area contributed by atoms with E-state index in [0.717, 1.165) is 0 Å². The second-order valence-electron chi connectivity index (χ2n) is 4.61. The summed E-state index contributed by atoms with van der Waals surface area (Å²) in [5.41, 5.74) is 0.411. The number of halogens is 1. The van der Waals surface area contributed by atoms with Gasteiger partial charge >= 0.3 is 94.4 Å². The van der Waals surface area contributed by atoms with Gasteiger partial charge in [-0.25, -0.2) is 4.79 Å². The summed E-state index contributed by atoms with van der Waals surface area (Å²) in [6, 6.07) is 11.9. The van der Waals surface area contributed by atoms with E-state index in [1.807, 2.05) is 0 Å². The Hall–Kier alpha value is -2.09. The van der Waals surface area contributed by atoms with E-state index < -0.39 is 20.1 Å². The third-order valence-electron chi connectivity index (χ3n) is 2.72. The van der Waals surface area contributed by atoms with Crippen LogP contribution < -0.4 is 9.67 Å². The summed E-state index contributed by atoms with van der Waals surface area (Å²) in [4.78, 5) is 21.1. The van der Waals surface area contributed by atoms with Gasteiger partial charge in [0, 0.05) is 5.02 Å². The van der Waals surface area contributed by atoms with Gasteiger partial charge in [-0.15, -0.1) is 0 Å². The summed E-state index contributed by atoms with van der Waals surface area (Å²) in [6.07, 6.45) is 0. The minimum atomic E-state index is -4.92. The van der Waals surface area contributed by atoms with E-state index in [1.165, 1.54) is 37.3 Å². The van der Waals surface area contributed by atoms with Crippen LogP contribution in [0.4, 0.5) is 5.69 Å². The maximum absolute atomic E-state index is 11.4. The van der Waals surface area contributed by atoms with Gasteiger partial charge in [-0.1, -0.05) is 11.6 Å². The molecule has 25 heavy (non-hydrogen) atoms. The molecule has 10 heteroatoms. The Balaban J connectivity index is 0.000000271. The normalized spacial score (nSPS) is 12.3. The topological polar surface area (TPSA) is 133 Å². The maximum Gasteiger partial charge on any atom is 0.335 e. The van der Waals surface area contributed by atoms with Crippen molar-refractivity contribution in [2.45, 2.75) is 6.92 Å². The Morgan fingerprint density at radius 3 is 2.16 bits per heavy atom. The smallest absolute Gasteiger partial charge is 0.335 e. The Morgan fingerprint density at radius 2 is 1.68 bits per heavy atom. The first-order chi connectivity index (χ1) is 11.7. The van der Waals surface area contributed by atoms with Gasteiger partial charge in [0.2, 0.25) is 0 Å². The van der Waals surface area contributed by atoms with Crippen molar-refractivity contribution in [3.8, 4) is 0 Å². The molecular formula is C15H15AsClNO7. The Labute approximate surface area is 150 Å². The molecule has 0 bridgehead atoms. The van der Waals surface area contributed by atoms with Crippen molar-refractivity contribution in [3.05, 3.63) is 59.1 Å². The number of para-hydroxylation sites is 1. The molecule has 0 radical (unpaired) electrons. The molecule has 4 N–H and O–H groups in total. The van der Waals surface area contributed by atoms with E-state index in [-0.39, 0.29) is 21.5 Å². The molecule has 8 nitrogen and oxygen atoms in total. The van der Waals surface area contributed by atoms with Crippen LogP contribution in [-0.2, 0) is 12.4 Å². The number of anilines is 1. The Kier molecular flexibility index (Phi) is 7.88. The van der Waals surface area contributed by atoms with Gasteiger partial charge in [-0.05, 0) is 24.3 Å². The summed E-state index contributed by atoms with van der Waals surface area (Å²) in [5.74, 6) is -1.31. The number of nitrogens with one attached hydrogen (secondary N) is 1. The van der Waals surface area contributed by atoms with E-state index in [4.69, 9.17) is 22.0 Å². The molecule has 0 aliphatic carbocycles. The molecule has 1 unspecified atom stereocenters. The summed E-state index contributed by atoms with van der Waals surface area (Å²) in [5, 5.41) is 19.7. The van der Waals surface area contributed by atoms with E-state index in [9.17, 15) is 17.4 Å². The van der Waals surface area contributed by atoms with Crippen molar-refractivity contribution < 1.29 is 31.7 Å². The molecule has 2 aromatic carbocycles. The molecule has 1 amide bonds. The molecule has 0 aliphatic rings. The molecule has 0 saturated heterocycles. The van der Waals surface area contributed by atoms with Crippen LogP contribution in [0.1, 0.15) is 17.3 Å². The Morgan fingerprint density at radius 1 is 1.12 bits per heavy atom. The average molecular weight is 432 g/mol. The summed E-state index contributed by atoms with van der Waals surface area (Å²) >= 11 is 0.599. The first-order valence-corrected chi connectivity index (χ1v) is 10.4. The van der Waals surface area contributed by atoms with Gasteiger partial charge in [0.25, 0.3) is 0 Å². The maximum atomic E-state index is 11.4. The van der Waals surface area contributed by atoms with Gasteiger partial charge in [-0.2, -0.15) is 0 Å². The third-order valence-corrected chi connectivity index (χ3v) is 5.53. The zero-order valence-electron chi connectivity index (χ0n) is 12.9. The minimum absolute atomic E-state index is 0.103. The second-order valence-corrected chi connectivity index (χ2v) is 8.59. The fourth-order valence-electron chi connectivity index (χ4n) is 1.65. The summed E-state index contributed by atoms with van der Waals surface area (Å²) in [7, 11) is 0. The zero-order valence-corrected chi connectivity index (χ0v) is 15.6. The number of benzene rings is 2. The van der Waals surface area contributed by atoms with Crippen molar-refractivity contribution in [2.24, 2.45) is 0 Å². The van der Waals surface area contributed by atoms with Gasteiger partial charge in [-0.3, -0.25) is 0 Å². The molecule has 2 aromatic rings. The predicted octanol–water partition coefficient (Wildman–Crippen LogP) is 1.74. The number of hydrogen-bond donors (Lipinski definition) is 4. The van der Waals surface area contributed by atoms with Crippen LogP contribution in [0.15, 0.2) is 48.5 Å². The number of carboxylic acids is 1. The number of carbonyl (C=O) groups excluding carboxylic acids is 1. The van der Waals surface area contributed by atoms with E-state index >= 15 is 0 Å². The zero-order chi connectivity index (χ0) is 19.0. The number of amides is 1. The SMILES string of the molecule is CC(=O)Nc1ccccc1[As](=O)(O)OO.O=C(O)c1ccc(Cl)cc1. The standard InChI is InChI=1S/C8H10AsNO5.C7H5ClO2/c1-6(11)10-8-5-3-2-4-7(8)9(12,13)15-14;8-6-3-1-5(2-4-6)7(9)10/h2-5,14H,1H3,(H,10,11)(H,12,13);1-4H,(H,9,10). The van der Waals surface area contributed by atoms with E-state index in [0.29, 0.717) is 5.02 Å².